The van der Waals surface area contributed by atoms with E-state index in [-0.39, 0.29) is 0 Å². The fourth-order valence-corrected chi connectivity index (χ4v) is 2.60. The fourth-order valence-electron chi connectivity index (χ4n) is 1.84. The van der Waals surface area contributed by atoms with Crippen LogP contribution in [0.1, 0.15) is 5.69 Å². The van der Waals surface area contributed by atoms with Crippen LogP contribution in [0.2, 0.25) is 0 Å². The van der Waals surface area contributed by atoms with E-state index in [0.717, 1.165) is 16.7 Å². The minimum absolute atomic E-state index is 0.333. The SMILES string of the molecule is Cc1c(-c2ccc(F)cc2F)nc2sccn12. The molecule has 17 heavy (non-hydrogen) atoms. The monoisotopic (exact) mass is 250 g/mol. The number of benzene rings is 1. The lowest BCUT2D eigenvalue weighted by Crippen LogP contribution is -1.89. The van der Waals surface area contributed by atoms with Crippen LogP contribution in [-0.4, -0.2) is 9.38 Å². The van der Waals surface area contributed by atoms with Crippen molar-refractivity contribution >= 4 is 16.3 Å². The molecule has 86 valence electrons. The third-order valence-corrected chi connectivity index (χ3v) is 3.44. The van der Waals surface area contributed by atoms with Gasteiger partial charge in [-0.2, -0.15) is 0 Å². The average molecular weight is 250 g/mol. The third-order valence-electron chi connectivity index (χ3n) is 2.69. The van der Waals surface area contributed by atoms with E-state index in [0.29, 0.717) is 11.3 Å². The molecule has 1 aromatic carbocycles. The van der Waals surface area contributed by atoms with E-state index >= 15 is 0 Å². The van der Waals surface area contributed by atoms with Crippen molar-refractivity contribution in [3.8, 4) is 11.3 Å². The second-order valence-corrected chi connectivity index (χ2v) is 4.60. The van der Waals surface area contributed by atoms with Crippen LogP contribution in [0, 0.1) is 18.6 Å². The molecule has 0 saturated carbocycles. The first-order chi connectivity index (χ1) is 8.16. The predicted molar refractivity (Wildman–Crippen MR) is 63.2 cm³/mol. The van der Waals surface area contributed by atoms with Crippen molar-refractivity contribution in [2.75, 3.05) is 0 Å². The smallest absolute Gasteiger partial charge is 0.194 e. The molecular weight excluding hydrogens is 242 g/mol. The molecule has 0 unspecified atom stereocenters. The Morgan fingerprint density at radius 3 is 2.82 bits per heavy atom. The van der Waals surface area contributed by atoms with Gasteiger partial charge in [-0.25, -0.2) is 13.8 Å². The molecule has 2 nitrogen and oxygen atoms in total. The maximum Gasteiger partial charge on any atom is 0.194 e. The van der Waals surface area contributed by atoms with Gasteiger partial charge in [-0.15, -0.1) is 11.3 Å². The number of aryl methyl sites for hydroxylation is 1. The Hall–Kier alpha value is -1.75. The Morgan fingerprint density at radius 2 is 2.12 bits per heavy atom. The molecule has 0 saturated heterocycles. The van der Waals surface area contributed by atoms with Gasteiger partial charge in [0.15, 0.2) is 4.96 Å². The number of imidazole rings is 1. The van der Waals surface area contributed by atoms with E-state index in [1.807, 2.05) is 22.9 Å². The van der Waals surface area contributed by atoms with E-state index in [9.17, 15) is 8.78 Å². The van der Waals surface area contributed by atoms with Gasteiger partial charge in [0, 0.05) is 28.9 Å². The van der Waals surface area contributed by atoms with Crippen molar-refractivity contribution in [2.45, 2.75) is 6.92 Å². The van der Waals surface area contributed by atoms with Crippen molar-refractivity contribution in [1.82, 2.24) is 9.38 Å². The molecule has 0 amide bonds. The fraction of sp³-hybridized carbons (Fsp3) is 0.0833. The maximum atomic E-state index is 13.7. The molecule has 0 atom stereocenters. The lowest BCUT2D eigenvalue weighted by molar-refractivity contribution is 0.585. The first-order valence-electron chi connectivity index (χ1n) is 5.04. The van der Waals surface area contributed by atoms with E-state index in [2.05, 4.69) is 4.98 Å². The van der Waals surface area contributed by atoms with Crippen LogP contribution in [0.15, 0.2) is 29.8 Å². The Bertz CT molecular complexity index is 700. The Balaban J connectivity index is 2.26. The predicted octanol–water partition coefficient (Wildman–Crippen LogP) is 3.65. The van der Waals surface area contributed by atoms with Gasteiger partial charge >= 0.3 is 0 Å². The zero-order chi connectivity index (χ0) is 12.0. The van der Waals surface area contributed by atoms with Crippen molar-refractivity contribution in [3.63, 3.8) is 0 Å². The summed E-state index contributed by atoms with van der Waals surface area (Å²) < 4.78 is 28.4. The second kappa shape index (κ2) is 3.63. The van der Waals surface area contributed by atoms with Crippen LogP contribution in [-0.2, 0) is 0 Å². The first-order valence-corrected chi connectivity index (χ1v) is 5.92. The molecule has 3 rings (SSSR count). The number of thiazole rings is 1. The van der Waals surface area contributed by atoms with Crippen molar-refractivity contribution in [3.05, 3.63) is 47.1 Å². The number of halogens is 2. The highest BCUT2D eigenvalue weighted by atomic mass is 32.1. The highest BCUT2D eigenvalue weighted by Gasteiger charge is 2.14. The normalized spacial score (nSPS) is 11.2. The van der Waals surface area contributed by atoms with E-state index < -0.39 is 11.6 Å². The highest BCUT2D eigenvalue weighted by molar-refractivity contribution is 7.15. The molecule has 2 aromatic heterocycles. The molecule has 0 aliphatic heterocycles. The lowest BCUT2D eigenvalue weighted by Gasteiger charge is -2.01. The lowest BCUT2D eigenvalue weighted by atomic mass is 10.1. The summed E-state index contributed by atoms with van der Waals surface area (Å²) in [6, 6.07) is 3.54. The minimum atomic E-state index is -0.584. The first kappa shape index (κ1) is 10.4. The van der Waals surface area contributed by atoms with Crippen LogP contribution in [0.4, 0.5) is 8.78 Å². The number of hydrogen-bond donors (Lipinski definition) is 0. The van der Waals surface area contributed by atoms with Crippen LogP contribution in [0.3, 0.4) is 0 Å². The van der Waals surface area contributed by atoms with Crippen molar-refractivity contribution in [1.29, 1.82) is 0 Å². The largest absolute Gasteiger partial charge is 0.294 e. The van der Waals surface area contributed by atoms with Gasteiger partial charge in [-0.3, -0.25) is 4.40 Å². The summed E-state index contributed by atoms with van der Waals surface area (Å²) in [5, 5.41) is 1.92. The number of fused-ring (bicyclic) bond motifs is 1. The summed E-state index contributed by atoms with van der Waals surface area (Å²) in [6.45, 7) is 1.87. The molecule has 3 aromatic rings. The topological polar surface area (TPSA) is 17.3 Å². The molecule has 0 radical (unpaired) electrons. The highest BCUT2D eigenvalue weighted by Crippen LogP contribution is 2.28. The average Bonchev–Trinajstić information content (AvgIpc) is 2.83. The zero-order valence-electron chi connectivity index (χ0n) is 8.95. The number of hydrogen-bond acceptors (Lipinski definition) is 2. The van der Waals surface area contributed by atoms with Crippen LogP contribution in [0.5, 0.6) is 0 Å². The number of aromatic nitrogens is 2. The van der Waals surface area contributed by atoms with E-state index in [1.54, 1.807) is 0 Å². The summed E-state index contributed by atoms with van der Waals surface area (Å²) in [5.41, 5.74) is 1.75. The van der Waals surface area contributed by atoms with Crippen LogP contribution in [0.25, 0.3) is 16.2 Å². The van der Waals surface area contributed by atoms with Gasteiger partial charge in [-0.1, -0.05) is 0 Å². The van der Waals surface area contributed by atoms with Gasteiger partial charge in [0.1, 0.15) is 11.6 Å². The Morgan fingerprint density at radius 1 is 1.29 bits per heavy atom. The molecular formula is C12H8F2N2S. The quantitative estimate of drug-likeness (QED) is 0.644. The van der Waals surface area contributed by atoms with Gasteiger partial charge in [-0.05, 0) is 19.1 Å². The van der Waals surface area contributed by atoms with Crippen LogP contribution >= 0.6 is 11.3 Å². The molecule has 0 aliphatic rings. The standard InChI is InChI=1S/C12H8F2N2S/c1-7-11(15-12-16(7)4-5-17-12)9-3-2-8(13)6-10(9)14/h2-6H,1H3. The molecule has 0 N–H and O–H groups in total. The zero-order valence-corrected chi connectivity index (χ0v) is 9.76. The van der Waals surface area contributed by atoms with Gasteiger partial charge in [0.05, 0.1) is 5.69 Å². The summed E-state index contributed by atoms with van der Waals surface area (Å²) in [6.07, 6.45) is 1.88. The summed E-state index contributed by atoms with van der Waals surface area (Å²) in [5.74, 6) is -1.16. The summed E-state index contributed by atoms with van der Waals surface area (Å²) >= 11 is 1.48. The third kappa shape index (κ3) is 1.54. The van der Waals surface area contributed by atoms with Gasteiger partial charge < -0.3 is 0 Å². The van der Waals surface area contributed by atoms with Crippen molar-refractivity contribution in [2.24, 2.45) is 0 Å². The molecule has 5 heteroatoms. The Kier molecular flexibility index (Phi) is 2.22. The summed E-state index contributed by atoms with van der Waals surface area (Å²) in [4.78, 5) is 5.16. The van der Waals surface area contributed by atoms with E-state index in [1.165, 1.54) is 23.5 Å². The van der Waals surface area contributed by atoms with Crippen molar-refractivity contribution < 1.29 is 8.78 Å². The number of rotatable bonds is 1. The molecule has 0 aliphatic carbocycles. The van der Waals surface area contributed by atoms with E-state index in [4.69, 9.17) is 0 Å². The second-order valence-electron chi connectivity index (χ2n) is 3.73. The molecule has 0 spiro atoms. The van der Waals surface area contributed by atoms with Gasteiger partial charge in [0.2, 0.25) is 0 Å². The van der Waals surface area contributed by atoms with Gasteiger partial charge in [0.25, 0.3) is 0 Å². The minimum Gasteiger partial charge on any atom is -0.294 e. The maximum absolute atomic E-state index is 13.7. The van der Waals surface area contributed by atoms with Crippen LogP contribution < -0.4 is 0 Å². The molecule has 0 fully saturated rings. The summed E-state index contributed by atoms with van der Waals surface area (Å²) in [7, 11) is 0. The molecule has 2 heterocycles. The number of nitrogens with zero attached hydrogens (tertiary/aromatic N) is 2. The Labute approximate surface area is 100 Å². The molecule has 0 bridgehead atoms.